The van der Waals surface area contributed by atoms with E-state index in [1.165, 1.54) is 22.3 Å². The van der Waals surface area contributed by atoms with Gasteiger partial charge in [0.1, 0.15) is 5.78 Å². The Hall–Kier alpha value is -2.42. The molecular formula is C22H24O3. The van der Waals surface area contributed by atoms with Gasteiger partial charge in [0, 0.05) is 18.3 Å². The third-order valence-electron chi connectivity index (χ3n) is 5.14. The van der Waals surface area contributed by atoms with Crippen LogP contribution < -0.4 is 0 Å². The Labute approximate surface area is 149 Å². The lowest BCUT2D eigenvalue weighted by Gasteiger charge is -2.32. The van der Waals surface area contributed by atoms with Crippen molar-refractivity contribution in [2.45, 2.75) is 44.9 Å². The summed E-state index contributed by atoms with van der Waals surface area (Å²) in [5.74, 6) is 0.00364. The number of hydrogen-bond donors (Lipinski definition) is 0. The first-order valence-corrected chi connectivity index (χ1v) is 8.93. The van der Waals surface area contributed by atoms with E-state index < -0.39 is 0 Å². The largest absolute Gasteiger partial charge is 0.466 e. The van der Waals surface area contributed by atoms with Crippen molar-refractivity contribution in [2.24, 2.45) is 0 Å². The molecule has 0 fully saturated rings. The fourth-order valence-electron chi connectivity index (χ4n) is 4.02. The molecule has 130 valence electrons. The normalized spacial score (nSPS) is 13.8. The number of ether oxygens (including phenoxy) is 1. The maximum absolute atomic E-state index is 12.0. The number of carbonyl (C=O) groups is 2. The molecule has 3 heteroatoms. The zero-order valence-corrected chi connectivity index (χ0v) is 14.9. The predicted molar refractivity (Wildman–Crippen MR) is 98.4 cm³/mol. The summed E-state index contributed by atoms with van der Waals surface area (Å²) in [7, 11) is 0. The molecule has 1 aliphatic rings. The summed E-state index contributed by atoms with van der Waals surface area (Å²) in [5.41, 5.74) is 4.57. The van der Waals surface area contributed by atoms with Gasteiger partial charge in [0.15, 0.2) is 0 Å². The van der Waals surface area contributed by atoms with Gasteiger partial charge in [-0.15, -0.1) is 0 Å². The summed E-state index contributed by atoms with van der Waals surface area (Å²) in [6.45, 7) is 3.85. The lowest BCUT2D eigenvalue weighted by Crippen LogP contribution is -2.27. The highest BCUT2D eigenvalue weighted by Crippen LogP contribution is 2.53. The Morgan fingerprint density at radius 3 is 1.92 bits per heavy atom. The van der Waals surface area contributed by atoms with Crippen LogP contribution in [0.25, 0.3) is 11.1 Å². The van der Waals surface area contributed by atoms with Crippen LogP contribution in [0.4, 0.5) is 0 Å². The van der Waals surface area contributed by atoms with Crippen molar-refractivity contribution < 1.29 is 14.3 Å². The van der Waals surface area contributed by atoms with Crippen LogP contribution in [0.5, 0.6) is 0 Å². The van der Waals surface area contributed by atoms with Crippen molar-refractivity contribution >= 4 is 11.8 Å². The predicted octanol–water partition coefficient (Wildman–Crippen LogP) is 4.67. The van der Waals surface area contributed by atoms with E-state index in [9.17, 15) is 9.59 Å². The number of carbonyl (C=O) groups excluding carboxylic acids is 2. The van der Waals surface area contributed by atoms with E-state index in [0.717, 1.165) is 6.42 Å². The third kappa shape index (κ3) is 3.23. The van der Waals surface area contributed by atoms with Crippen LogP contribution in [0.1, 0.15) is 50.7 Å². The average Bonchev–Trinajstić information content (AvgIpc) is 2.90. The maximum atomic E-state index is 12.0. The first-order valence-electron chi connectivity index (χ1n) is 8.93. The summed E-state index contributed by atoms with van der Waals surface area (Å²) in [5, 5.41) is 0. The van der Waals surface area contributed by atoms with Gasteiger partial charge in [-0.2, -0.15) is 0 Å². The standard InChI is InChI=1S/C22H24O3/c1-3-25-21(24)13-15-22(14-12-16(2)23)19-10-6-4-8-17(19)18-9-5-7-11-20(18)22/h4-11H,3,12-15H2,1-2H3. The number of ketones is 1. The molecule has 2 aromatic carbocycles. The number of hydrogen-bond acceptors (Lipinski definition) is 3. The maximum Gasteiger partial charge on any atom is 0.305 e. The zero-order chi connectivity index (χ0) is 17.9. The highest BCUT2D eigenvalue weighted by atomic mass is 16.5. The Morgan fingerprint density at radius 1 is 0.880 bits per heavy atom. The smallest absolute Gasteiger partial charge is 0.305 e. The van der Waals surface area contributed by atoms with Gasteiger partial charge in [-0.1, -0.05) is 48.5 Å². The number of rotatable bonds is 7. The molecule has 0 aliphatic heterocycles. The lowest BCUT2D eigenvalue weighted by atomic mass is 9.71. The topological polar surface area (TPSA) is 43.4 Å². The molecule has 0 bridgehead atoms. The van der Waals surface area contributed by atoms with Crippen molar-refractivity contribution in [1.29, 1.82) is 0 Å². The molecule has 0 spiro atoms. The second kappa shape index (κ2) is 7.22. The number of Topliss-reactive ketones (excluding diaryl/α,β-unsaturated/α-hetero) is 1. The molecule has 0 saturated carbocycles. The van der Waals surface area contributed by atoms with Crippen molar-refractivity contribution in [3.05, 3.63) is 59.7 Å². The van der Waals surface area contributed by atoms with Crippen LogP contribution >= 0.6 is 0 Å². The SMILES string of the molecule is CCOC(=O)CCC1(CCC(C)=O)c2ccccc2-c2ccccc21. The summed E-state index contributed by atoms with van der Waals surface area (Å²) in [4.78, 5) is 23.7. The van der Waals surface area contributed by atoms with Gasteiger partial charge < -0.3 is 9.53 Å². The van der Waals surface area contributed by atoms with E-state index in [1.807, 2.05) is 31.2 Å². The van der Waals surface area contributed by atoms with Crippen LogP contribution in [0, 0.1) is 0 Å². The highest BCUT2D eigenvalue weighted by Gasteiger charge is 2.42. The molecule has 0 heterocycles. The molecule has 25 heavy (non-hydrogen) atoms. The Morgan fingerprint density at radius 2 is 1.40 bits per heavy atom. The van der Waals surface area contributed by atoms with Gasteiger partial charge in [-0.3, -0.25) is 4.79 Å². The van der Waals surface area contributed by atoms with Gasteiger partial charge in [0.25, 0.3) is 0 Å². The van der Waals surface area contributed by atoms with Crippen LogP contribution in [0.3, 0.4) is 0 Å². The van der Waals surface area contributed by atoms with Gasteiger partial charge >= 0.3 is 5.97 Å². The summed E-state index contributed by atoms with van der Waals surface area (Å²) in [6.07, 6.45) is 2.24. The van der Waals surface area contributed by atoms with Crippen molar-refractivity contribution in [1.82, 2.24) is 0 Å². The van der Waals surface area contributed by atoms with Crippen LogP contribution in [-0.2, 0) is 19.7 Å². The molecule has 0 unspecified atom stereocenters. The molecule has 1 aliphatic carbocycles. The monoisotopic (exact) mass is 336 g/mol. The number of esters is 1. The minimum absolute atomic E-state index is 0.174. The van der Waals surface area contributed by atoms with Gasteiger partial charge in [0.2, 0.25) is 0 Å². The Kier molecular flexibility index (Phi) is 5.03. The second-order valence-corrected chi connectivity index (χ2v) is 6.68. The summed E-state index contributed by atoms with van der Waals surface area (Å²) < 4.78 is 5.14. The fraction of sp³-hybridized carbons (Fsp3) is 0.364. The lowest BCUT2D eigenvalue weighted by molar-refractivity contribution is -0.143. The van der Waals surface area contributed by atoms with E-state index in [0.29, 0.717) is 25.9 Å². The Bertz CT molecular complexity index is 746. The van der Waals surface area contributed by atoms with Gasteiger partial charge in [0.05, 0.1) is 6.61 Å². The van der Waals surface area contributed by atoms with Crippen LogP contribution in [-0.4, -0.2) is 18.4 Å². The summed E-state index contributed by atoms with van der Waals surface area (Å²) in [6, 6.07) is 16.7. The minimum Gasteiger partial charge on any atom is -0.466 e. The van der Waals surface area contributed by atoms with E-state index in [1.54, 1.807) is 6.92 Å². The van der Waals surface area contributed by atoms with E-state index in [2.05, 4.69) is 24.3 Å². The van der Waals surface area contributed by atoms with Crippen molar-refractivity contribution in [3.63, 3.8) is 0 Å². The molecular weight excluding hydrogens is 312 g/mol. The second-order valence-electron chi connectivity index (χ2n) is 6.68. The van der Waals surface area contributed by atoms with Gasteiger partial charge in [-0.05, 0) is 48.9 Å². The molecule has 0 saturated heterocycles. The fourth-order valence-corrected chi connectivity index (χ4v) is 4.02. The van der Waals surface area contributed by atoms with Crippen LogP contribution in [0.2, 0.25) is 0 Å². The molecule has 0 atom stereocenters. The molecule has 0 amide bonds. The van der Waals surface area contributed by atoms with Crippen molar-refractivity contribution in [2.75, 3.05) is 6.61 Å². The molecule has 0 aromatic heterocycles. The average molecular weight is 336 g/mol. The minimum atomic E-state index is -0.300. The van der Waals surface area contributed by atoms with E-state index >= 15 is 0 Å². The van der Waals surface area contributed by atoms with E-state index in [-0.39, 0.29) is 17.2 Å². The van der Waals surface area contributed by atoms with Gasteiger partial charge in [-0.25, -0.2) is 0 Å². The summed E-state index contributed by atoms with van der Waals surface area (Å²) >= 11 is 0. The first-order chi connectivity index (χ1) is 12.1. The zero-order valence-electron chi connectivity index (χ0n) is 14.9. The molecule has 0 radical (unpaired) electrons. The third-order valence-corrected chi connectivity index (χ3v) is 5.14. The number of benzene rings is 2. The molecule has 0 N–H and O–H groups in total. The van der Waals surface area contributed by atoms with Crippen LogP contribution in [0.15, 0.2) is 48.5 Å². The molecule has 3 rings (SSSR count). The van der Waals surface area contributed by atoms with Crippen molar-refractivity contribution in [3.8, 4) is 11.1 Å². The number of fused-ring (bicyclic) bond motifs is 3. The quantitative estimate of drug-likeness (QED) is 0.690. The Balaban J connectivity index is 2.06. The highest BCUT2D eigenvalue weighted by molar-refractivity contribution is 5.82. The first kappa shape index (κ1) is 17.4. The molecule has 3 nitrogen and oxygen atoms in total. The van der Waals surface area contributed by atoms with E-state index in [4.69, 9.17) is 4.74 Å². The molecule has 2 aromatic rings.